The van der Waals surface area contributed by atoms with Crippen molar-refractivity contribution in [1.29, 1.82) is 0 Å². The normalized spacial score (nSPS) is 10.8. The molecule has 1 aromatic heterocycles. The molecule has 0 spiro atoms. The van der Waals surface area contributed by atoms with Crippen molar-refractivity contribution in [3.63, 3.8) is 0 Å². The topological polar surface area (TPSA) is 38.1 Å². The molecule has 96 valence electrons. The molecule has 0 bridgehead atoms. The van der Waals surface area contributed by atoms with Crippen LogP contribution >= 0.6 is 11.8 Å². The smallest absolute Gasteiger partial charge is 0.260 e. The van der Waals surface area contributed by atoms with Crippen molar-refractivity contribution < 1.29 is 4.42 Å². The monoisotopic (exact) mass is 262 g/mol. The first kappa shape index (κ1) is 13.2. The van der Waals surface area contributed by atoms with E-state index in [4.69, 9.17) is 4.42 Å². The van der Waals surface area contributed by atoms with Crippen LogP contribution in [0.1, 0.15) is 23.7 Å². The van der Waals surface area contributed by atoms with Gasteiger partial charge < -0.3 is 9.73 Å². The quantitative estimate of drug-likeness (QED) is 0.894. The predicted octanol–water partition coefficient (Wildman–Crippen LogP) is 3.55. The molecule has 4 heteroatoms. The Morgan fingerprint density at radius 3 is 2.78 bits per heavy atom. The molecular formula is C14H18N2OS. The zero-order chi connectivity index (χ0) is 13.0. The molecule has 0 aliphatic carbocycles. The summed E-state index contributed by atoms with van der Waals surface area (Å²) in [5.41, 5.74) is 3.55. The molecule has 2 rings (SSSR count). The zero-order valence-electron chi connectivity index (χ0n) is 11.0. The lowest BCUT2D eigenvalue weighted by Crippen LogP contribution is -2.12. The average molecular weight is 262 g/mol. The Hall–Kier alpha value is -1.26. The van der Waals surface area contributed by atoms with Gasteiger partial charge in [0.25, 0.3) is 5.22 Å². The van der Waals surface area contributed by atoms with Crippen LogP contribution in [0.3, 0.4) is 0 Å². The molecule has 0 saturated carbocycles. The van der Waals surface area contributed by atoms with Crippen LogP contribution in [0.15, 0.2) is 39.0 Å². The second-order valence-electron chi connectivity index (χ2n) is 4.23. The summed E-state index contributed by atoms with van der Waals surface area (Å²) in [6, 6.07) is 6.46. The Morgan fingerprint density at radius 1 is 1.33 bits per heavy atom. The van der Waals surface area contributed by atoms with Gasteiger partial charge in [-0.05, 0) is 55.4 Å². The van der Waals surface area contributed by atoms with Crippen LogP contribution in [0.5, 0.6) is 0 Å². The van der Waals surface area contributed by atoms with Gasteiger partial charge in [-0.3, -0.25) is 0 Å². The van der Waals surface area contributed by atoms with E-state index in [1.165, 1.54) is 11.1 Å². The molecule has 18 heavy (non-hydrogen) atoms. The van der Waals surface area contributed by atoms with Gasteiger partial charge in [-0.25, -0.2) is 4.98 Å². The summed E-state index contributed by atoms with van der Waals surface area (Å²) >= 11 is 1.56. The van der Waals surface area contributed by atoms with E-state index in [-0.39, 0.29) is 0 Å². The summed E-state index contributed by atoms with van der Waals surface area (Å²) in [7, 11) is 0. The lowest BCUT2D eigenvalue weighted by atomic mass is 10.1. The highest BCUT2D eigenvalue weighted by Crippen LogP contribution is 2.28. The molecule has 1 heterocycles. The standard InChI is InChI=1S/C14H18N2OS/c1-4-15-8-12-5-6-13(7-10(12)2)18-14-16-11(3)9-17-14/h5-7,9,15H,4,8H2,1-3H3. The predicted molar refractivity (Wildman–Crippen MR) is 73.9 cm³/mol. The molecular weight excluding hydrogens is 244 g/mol. The molecule has 0 saturated heterocycles. The van der Waals surface area contributed by atoms with Crippen LogP contribution in [0, 0.1) is 13.8 Å². The summed E-state index contributed by atoms with van der Waals surface area (Å²) in [5, 5.41) is 4.04. The first-order valence-corrected chi connectivity index (χ1v) is 6.91. The molecule has 3 nitrogen and oxygen atoms in total. The number of nitrogens with one attached hydrogen (secondary N) is 1. The van der Waals surface area contributed by atoms with Gasteiger partial charge in [0.15, 0.2) is 0 Å². The summed E-state index contributed by atoms with van der Waals surface area (Å²) in [6.07, 6.45) is 1.68. The van der Waals surface area contributed by atoms with Gasteiger partial charge in [0.2, 0.25) is 0 Å². The van der Waals surface area contributed by atoms with Crippen LogP contribution in [0.25, 0.3) is 0 Å². The van der Waals surface area contributed by atoms with Crippen molar-refractivity contribution in [1.82, 2.24) is 10.3 Å². The first-order valence-electron chi connectivity index (χ1n) is 6.09. The van der Waals surface area contributed by atoms with E-state index in [0.717, 1.165) is 23.7 Å². The fourth-order valence-electron chi connectivity index (χ4n) is 1.67. The third-order valence-electron chi connectivity index (χ3n) is 2.68. The van der Waals surface area contributed by atoms with Crippen molar-refractivity contribution in [3.8, 4) is 0 Å². The summed E-state index contributed by atoms with van der Waals surface area (Å²) in [4.78, 5) is 5.45. The number of benzene rings is 1. The third kappa shape index (κ3) is 3.37. The average Bonchev–Trinajstić information content (AvgIpc) is 2.74. The van der Waals surface area contributed by atoms with Crippen LogP contribution in [0.4, 0.5) is 0 Å². The Morgan fingerprint density at radius 2 is 2.17 bits per heavy atom. The Labute approximate surface area is 112 Å². The van der Waals surface area contributed by atoms with Crippen LogP contribution in [-0.2, 0) is 6.54 Å². The number of nitrogens with zero attached hydrogens (tertiary/aromatic N) is 1. The van der Waals surface area contributed by atoms with Crippen molar-refractivity contribution in [2.75, 3.05) is 6.54 Å². The van der Waals surface area contributed by atoms with E-state index in [0.29, 0.717) is 5.22 Å². The molecule has 0 fully saturated rings. The zero-order valence-corrected chi connectivity index (χ0v) is 11.8. The molecule has 1 N–H and O–H groups in total. The molecule has 0 aliphatic heterocycles. The maximum Gasteiger partial charge on any atom is 0.260 e. The van der Waals surface area contributed by atoms with E-state index in [1.807, 2.05) is 6.92 Å². The molecule has 0 unspecified atom stereocenters. The molecule has 1 aromatic carbocycles. The van der Waals surface area contributed by atoms with Gasteiger partial charge in [0, 0.05) is 11.4 Å². The van der Waals surface area contributed by atoms with E-state index in [1.54, 1.807) is 18.0 Å². The molecule has 0 amide bonds. The first-order chi connectivity index (χ1) is 8.69. The SMILES string of the molecule is CCNCc1ccc(Sc2nc(C)co2)cc1C. The number of aryl methyl sites for hydroxylation is 2. The van der Waals surface area contributed by atoms with E-state index < -0.39 is 0 Å². The fraction of sp³-hybridized carbons (Fsp3) is 0.357. The molecule has 0 aliphatic rings. The number of rotatable bonds is 5. The third-order valence-corrected chi connectivity index (χ3v) is 3.53. The summed E-state index contributed by atoms with van der Waals surface area (Å²) in [6.45, 7) is 8.09. The minimum atomic E-state index is 0.700. The van der Waals surface area contributed by atoms with E-state index in [2.05, 4.69) is 42.3 Å². The second kappa shape index (κ2) is 6.07. The van der Waals surface area contributed by atoms with Gasteiger partial charge >= 0.3 is 0 Å². The van der Waals surface area contributed by atoms with Crippen LogP contribution in [0.2, 0.25) is 0 Å². The Kier molecular flexibility index (Phi) is 4.44. The Balaban J connectivity index is 2.08. The number of hydrogen-bond donors (Lipinski definition) is 1. The highest BCUT2D eigenvalue weighted by Gasteiger charge is 2.05. The minimum absolute atomic E-state index is 0.700. The lowest BCUT2D eigenvalue weighted by Gasteiger charge is -2.07. The highest BCUT2D eigenvalue weighted by molar-refractivity contribution is 7.99. The Bertz CT molecular complexity index is 522. The van der Waals surface area contributed by atoms with Crippen molar-refractivity contribution in [2.45, 2.75) is 37.4 Å². The maximum atomic E-state index is 5.34. The number of oxazole rings is 1. The van der Waals surface area contributed by atoms with Crippen molar-refractivity contribution in [2.24, 2.45) is 0 Å². The second-order valence-corrected chi connectivity index (χ2v) is 5.25. The van der Waals surface area contributed by atoms with Crippen molar-refractivity contribution in [3.05, 3.63) is 41.3 Å². The number of hydrogen-bond acceptors (Lipinski definition) is 4. The van der Waals surface area contributed by atoms with Gasteiger partial charge in [-0.2, -0.15) is 0 Å². The van der Waals surface area contributed by atoms with Gasteiger partial charge in [0.05, 0.1) is 5.69 Å². The largest absolute Gasteiger partial charge is 0.439 e. The number of aromatic nitrogens is 1. The van der Waals surface area contributed by atoms with Gasteiger partial charge in [-0.15, -0.1) is 0 Å². The van der Waals surface area contributed by atoms with Gasteiger partial charge in [-0.1, -0.05) is 13.0 Å². The summed E-state index contributed by atoms with van der Waals surface area (Å²) < 4.78 is 5.34. The van der Waals surface area contributed by atoms with E-state index >= 15 is 0 Å². The lowest BCUT2D eigenvalue weighted by molar-refractivity contribution is 0.454. The van der Waals surface area contributed by atoms with Gasteiger partial charge in [0.1, 0.15) is 6.26 Å². The van der Waals surface area contributed by atoms with Crippen LogP contribution in [-0.4, -0.2) is 11.5 Å². The molecule has 2 aromatic rings. The van der Waals surface area contributed by atoms with Crippen LogP contribution < -0.4 is 5.32 Å². The summed E-state index contributed by atoms with van der Waals surface area (Å²) in [5.74, 6) is 0. The van der Waals surface area contributed by atoms with E-state index in [9.17, 15) is 0 Å². The molecule has 0 atom stereocenters. The minimum Gasteiger partial charge on any atom is -0.439 e. The maximum absolute atomic E-state index is 5.34. The molecule has 0 radical (unpaired) electrons. The van der Waals surface area contributed by atoms with Crippen molar-refractivity contribution >= 4 is 11.8 Å². The fourth-order valence-corrected chi connectivity index (χ4v) is 2.53. The highest BCUT2D eigenvalue weighted by atomic mass is 32.2.